The van der Waals surface area contributed by atoms with Gasteiger partial charge < -0.3 is 15.1 Å². The van der Waals surface area contributed by atoms with Gasteiger partial charge in [0.05, 0.1) is 10.7 Å². The van der Waals surface area contributed by atoms with E-state index in [4.69, 9.17) is 21.8 Å². The van der Waals surface area contributed by atoms with Gasteiger partial charge in [-0.05, 0) is 49.1 Å². The molecule has 1 aromatic carbocycles. The molecule has 1 aliphatic rings. The van der Waals surface area contributed by atoms with Crippen LogP contribution in [0.5, 0.6) is 0 Å². The van der Waals surface area contributed by atoms with Crippen LogP contribution in [0.3, 0.4) is 0 Å². The van der Waals surface area contributed by atoms with E-state index in [0.717, 1.165) is 25.1 Å². The summed E-state index contributed by atoms with van der Waals surface area (Å²) in [6, 6.07) is 8.82. The molecule has 0 radical (unpaired) electrons. The molecular weight excluding hydrogens is 300 g/mol. The monoisotopic (exact) mass is 318 g/mol. The van der Waals surface area contributed by atoms with E-state index in [1.54, 1.807) is 24.3 Å². The van der Waals surface area contributed by atoms with Crippen molar-refractivity contribution in [3.63, 3.8) is 0 Å². The van der Waals surface area contributed by atoms with E-state index in [2.05, 4.69) is 6.92 Å². The third-order valence-electron chi connectivity index (χ3n) is 4.04. The minimum atomic E-state index is -0.0419. The van der Waals surface area contributed by atoms with Crippen molar-refractivity contribution in [1.29, 1.82) is 0 Å². The highest BCUT2D eigenvalue weighted by molar-refractivity contribution is 6.33. The Balaban J connectivity index is 1.81. The first kappa shape index (κ1) is 15.0. The third kappa shape index (κ3) is 2.97. The molecule has 1 aromatic heterocycles. The van der Waals surface area contributed by atoms with E-state index in [1.807, 2.05) is 11.0 Å². The lowest BCUT2D eigenvalue weighted by Crippen LogP contribution is -2.38. The van der Waals surface area contributed by atoms with Crippen LogP contribution < -0.4 is 5.73 Å². The summed E-state index contributed by atoms with van der Waals surface area (Å²) in [5.41, 5.74) is 7.11. The van der Waals surface area contributed by atoms with Crippen LogP contribution in [0.4, 0.5) is 5.69 Å². The summed E-state index contributed by atoms with van der Waals surface area (Å²) in [6.07, 6.45) is 2.23. The van der Waals surface area contributed by atoms with Crippen molar-refractivity contribution in [3.8, 4) is 11.3 Å². The SMILES string of the molecule is C[C@H]1CCCN(C(=O)c2ccc(-c3ccc(Cl)c(N)c3)o2)C1. The summed E-state index contributed by atoms with van der Waals surface area (Å²) < 4.78 is 5.72. The van der Waals surface area contributed by atoms with Crippen molar-refractivity contribution in [2.45, 2.75) is 19.8 Å². The summed E-state index contributed by atoms with van der Waals surface area (Å²) in [7, 11) is 0. The number of hydrogen-bond donors (Lipinski definition) is 1. The fraction of sp³-hybridized carbons (Fsp3) is 0.353. The molecule has 1 aliphatic heterocycles. The number of likely N-dealkylation sites (tertiary alicyclic amines) is 1. The van der Waals surface area contributed by atoms with Crippen molar-refractivity contribution in [1.82, 2.24) is 4.90 Å². The topological polar surface area (TPSA) is 59.5 Å². The van der Waals surface area contributed by atoms with Gasteiger partial charge in [0, 0.05) is 18.7 Å². The predicted molar refractivity (Wildman–Crippen MR) is 87.9 cm³/mol. The summed E-state index contributed by atoms with van der Waals surface area (Å²) in [6.45, 7) is 3.76. The first-order chi connectivity index (χ1) is 10.5. The molecule has 2 N–H and O–H groups in total. The molecule has 2 aromatic rings. The Hall–Kier alpha value is -1.94. The number of carbonyl (C=O) groups excluding carboxylic acids is 1. The second-order valence-electron chi connectivity index (χ2n) is 5.90. The highest BCUT2D eigenvalue weighted by Gasteiger charge is 2.24. The Bertz CT molecular complexity index is 696. The number of amides is 1. The molecular formula is C17H19ClN2O2. The third-order valence-corrected chi connectivity index (χ3v) is 4.39. The van der Waals surface area contributed by atoms with Crippen molar-refractivity contribution in [2.24, 2.45) is 5.92 Å². The van der Waals surface area contributed by atoms with E-state index in [0.29, 0.717) is 28.1 Å². The molecule has 116 valence electrons. The van der Waals surface area contributed by atoms with Crippen molar-refractivity contribution >= 4 is 23.2 Å². The van der Waals surface area contributed by atoms with Gasteiger partial charge in [0.15, 0.2) is 5.76 Å². The van der Waals surface area contributed by atoms with Gasteiger partial charge in [-0.25, -0.2) is 0 Å². The highest BCUT2D eigenvalue weighted by atomic mass is 35.5. The maximum absolute atomic E-state index is 12.5. The fourth-order valence-corrected chi connectivity index (χ4v) is 2.95. The van der Waals surface area contributed by atoms with Gasteiger partial charge in [-0.1, -0.05) is 18.5 Å². The zero-order valence-corrected chi connectivity index (χ0v) is 13.3. The minimum absolute atomic E-state index is 0.0419. The van der Waals surface area contributed by atoms with Gasteiger partial charge in [0.1, 0.15) is 5.76 Å². The van der Waals surface area contributed by atoms with E-state index < -0.39 is 0 Å². The lowest BCUT2D eigenvalue weighted by atomic mass is 10.0. The number of nitrogens with two attached hydrogens (primary N) is 1. The molecule has 5 heteroatoms. The molecule has 1 atom stereocenters. The summed E-state index contributed by atoms with van der Waals surface area (Å²) >= 11 is 5.92. The molecule has 0 unspecified atom stereocenters. The number of rotatable bonds is 2. The van der Waals surface area contributed by atoms with E-state index >= 15 is 0 Å². The predicted octanol–water partition coefficient (Wildman–Crippen LogP) is 4.05. The van der Waals surface area contributed by atoms with Crippen LogP contribution in [0, 0.1) is 5.92 Å². The fourth-order valence-electron chi connectivity index (χ4n) is 2.83. The van der Waals surface area contributed by atoms with Gasteiger partial charge in [0.25, 0.3) is 5.91 Å². The molecule has 1 fully saturated rings. The molecule has 0 aliphatic carbocycles. The van der Waals surface area contributed by atoms with Gasteiger partial charge in [0.2, 0.25) is 0 Å². The van der Waals surface area contributed by atoms with Crippen LogP contribution in [0.2, 0.25) is 5.02 Å². The van der Waals surface area contributed by atoms with Crippen LogP contribution in [-0.2, 0) is 0 Å². The number of furan rings is 1. The zero-order valence-electron chi connectivity index (χ0n) is 12.5. The van der Waals surface area contributed by atoms with Gasteiger partial charge in [-0.3, -0.25) is 4.79 Å². The molecule has 1 saturated heterocycles. The van der Waals surface area contributed by atoms with Crippen LogP contribution in [-0.4, -0.2) is 23.9 Å². The quantitative estimate of drug-likeness (QED) is 0.850. The van der Waals surface area contributed by atoms with Crippen molar-refractivity contribution in [2.75, 3.05) is 18.8 Å². The van der Waals surface area contributed by atoms with E-state index in [9.17, 15) is 4.79 Å². The van der Waals surface area contributed by atoms with E-state index in [-0.39, 0.29) is 5.91 Å². The molecule has 0 spiro atoms. The van der Waals surface area contributed by atoms with Gasteiger partial charge >= 0.3 is 0 Å². The van der Waals surface area contributed by atoms with Crippen LogP contribution >= 0.6 is 11.6 Å². The van der Waals surface area contributed by atoms with Crippen molar-refractivity contribution in [3.05, 3.63) is 41.1 Å². The number of anilines is 1. The molecule has 0 bridgehead atoms. The number of benzene rings is 1. The smallest absolute Gasteiger partial charge is 0.289 e. The number of halogens is 1. The normalized spacial score (nSPS) is 18.5. The lowest BCUT2D eigenvalue weighted by molar-refractivity contribution is 0.0652. The lowest BCUT2D eigenvalue weighted by Gasteiger charge is -2.30. The molecule has 0 saturated carbocycles. The van der Waals surface area contributed by atoms with Crippen LogP contribution in [0.1, 0.15) is 30.3 Å². The second kappa shape index (κ2) is 6.05. The highest BCUT2D eigenvalue weighted by Crippen LogP contribution is 2.29. The van der Waals surface area contributed by atoms with Crippen LogP contribution in [0.25, 0.3) is 11.3 Å². The molecule has 3 rings (SSSR count). The number of hydrogen-bond acceptors (Lipinski definition) is 3. The first-order valence-electron chi connectivity index (χ1n) is 7.49. The molecule has 1 amide bonds. The number of piperidine rings is 1. The van der Waals surface area contributed by atoms with Crippen molar-refractivity contribution < 1.29 is 9.21 Å². The largest absolute Gasteiger partial charge is 0.451 e. The molecule has 22 heavy (non-hydrogen) atoms. The molecule has 4 nitrogen and oxygen atoms in total. The maximum atomic E-state index is 12.5. The summed E-state index contributed by atoms with van der Waals surface area (Å²) in [5, 5.41) is 0.508. The number of nitrogen functional groups attached to an aromatic ring is 1. The number of carbonyl (C=O) groups is 1. The molecule has 2 heterocycles. The minimum Gasteiger partial charge on any atom is -0.451 e. The second-order valence-corrected chi connectivity index (χ2v) is 6.31. The van der Waals surface area contributed by atoms with Crippen LogP contribution in [0.15, 0.2) is 34.7 Å². The summed E-state index contributed by atoms with van der Waals surface area (Å²) in [4.78, 5) is 14.4. The Morgan fingerprint density at radius 3 is 2.91 bits per heavy atom. The Labute approximate surface area is 134 Å². The van der Waals surface area contributed by atoms with E-state index in [1.165, 1.54) is 6.42 Å². The van der Waals surface area contributed by atoms with Gasteiger partial charge in [-0.2, -0.15) is 0 Å². The maximum Gasteiger partial charge on any atom is 0.289 e. The average Bonchev–Trinajstić information content (AvgIpc) is 2.99. The number of nitrogens with zero attached hydrogens (tertiary/aromatic N) is 1. The average molecular weight is 319 g/mol. The summed E-state index contributed by atoms with van der Waals surface area (Å²) in [5.74, 6) is 1.50. The van der Waals surface area contributed by atoms with Gasteiger partial charge in [-0.15, -0.1) is 0 Å². The Morgan fingerprint density at radius 2 is 2.18 bits per heavy atom. The zero-order chi connectivity index (χ0) is 15.7. The Morgan fingerprint density at radius 1 is 1.36 bits per heavy atom. The standard InChI is InChI=1S/C17H19ClN2O2/c1-11-3-2-8-20(10-11)17(21)16-7-6-15(22-16)12-4-5-13(18)14(19)9-12/h4-7,9,11H,2-3,8,10,19H2,1H3/t11-/m0/s1. The Kier molecular flexibility index (Phi) is 4.12. The first-order valence-corrected chi connectivity index (χ1v) is 7.87.